The lowest BCUT2D eigenvalue weighted by Crippen LogP contribution is -2.37. The topological polar surface area (TPSA) is 41.6 Å². The van der Waals surface area contributed by atoms with Crippen molar-refractivity contribution in [2.45, 2.75) is 31.6 Å². The van der Waals surface area contributed by atoms with E-state index in [9.17, 15) is 4.79 Å². The Labute approximate surface area is 126 Å². The first-order chi connectivity index (χ1) is 10.3. The van der Waals surface area contributed by atoms with Gasteiger partial charge in [-0.05, 0) is 25.3 Å². The second-order valence-corrected chi connectivity index (χ2v) is 5.94. The van der Waals surface area contributed by atoms with Crippen LogP contribution in [0.5, 0.6) is 5.75 Å². The molecule has 2 heterocycles. The Balaban J connectivity index is 1.38. The predicted octanol–water partition coefficient (Wildman–Crippen LogP) is 2.15. The summed E-state index contributed by atoms with van der Waals surface area (Å²) in [5.74, 6) is 1.71. The SMILES string of the molecule is O=C(CCNCC1COc2ccccc21)N1CCCCC1. The second kappa shape index (κ2) is 6.94. The van der Waals surface area contributed by atoms with Gasteiger partial charge < -0.3 is 15.0 Å². The Hall–Kier alpha value is -1.55. The van der Waals surface area contributed by atoms with Crippen LogP contribution in [0.4, 0.5) is 0 Å². The average molecular weight is 288 g/mol. The molecule has 1 amide bonds. The Morgan fingerprint density at radius 1 is 1.24 bits per heavy atom. The van der Waals surface area contributed by atoms with Crippen LogP contribution in [0.2, 0.25) is 0 Å². The summed E-state index contributed by atoms with van der Waals surface area (Å²) >= 11 is 0. The minimum absolute atomic E-state index is 0.297. The maximum absolute atomic E-state index is 12.1. The van der Waals surface area contributed by atoms with Crippen molar-refractivity contribution < 1.29 is 9.53 Å². The number of carbonyl (C=O) groups is 1. The minimum Gasteiger partial charge on any atom is -0.493 e. The molecule has 1 saturated heterocycles. The van der Waals surface area contributed by atoms with Crippen molar-refractivity contribution in [1.29, 1.82) is 0 Å². The minimum atomic E-state index is 0.297. The zero-order valence-electron chi connectivity index (χ0n) is 12.5. The van der Waals surface area contributed by atoms with Crippen LogP contribution in [0, 0.1) is 0 Å². The third-order valence-corrected chi connectivity index (χ3v) is 4.41. The molecule has 3 rings (SSSR count). The molecule has 0 saturated carbocycles. The highest BCUT2D eigenvalue weighted by Crippen LogP contribution is 2.32. The van der Waals surface area contributed by atoms with Crippen LogP contribution < -0.4 is 10.1 Å². The number of para-hydroxylation sites is 1. The Kier molecular flexibility index (Phi) is 4.76. The molecule has 4 nitrogen and oxygen atoms in total. The van der Waals surface area contributed by atoms with Gasteiger partial charge in [0.1, 0.15) is 5.75 Å². The fraction of sp³-hybridized carbons (Fsp3) is 0.588. The van der Waals surface area contributed by atoms with E-state index in [-0.39, 0.29) is 0 Å². The van der Waals surface area contributed by atoms with Gasteiger partial charge in [-0.3, -0.25) is 4.79 Å². The predicted molar refractivity (Wildman–Crippen MR) is 82.6 cm³/mol. The number of piperidine rings is 1. The van der Waals surface area contributed by atoms with E-state index in [1.807, 2.05) is 17.0 Å². The van der Waals surface area contributed by atoms with Gasteiger partial charge in [-0.1, -0.05) is 18.2 Å². The Morgan fingerprint density at radius 2 is 2.05 bits per heavy atom. The van der Waals surface area contributed by atoms with Crippen LogP contribution in [-0.2, 0) is 4.79 Å². The molecule has 1 aromatic carbocycles. The summed E-state index contributed by atoms with van der Waals surface area (Å²) in [5, 5.41) is 3.41. The molecule has 0 bridgehead atoms. The zero-order valence-corrected chi connectivity index (χ0v) is 12.5. The fourth-order valence-electron chi connectivity index (χ4n) is 3.17. The fourth-order valence-corrected chi connectivity index (χ4v) is 3.17. The van der Waals surface area contributed by atoms with Crippen molar-refractivity contribution in [1.82, 2.24) is 10.2 Å². The number of nitrogens with zero attached hydrogens (tertiary/aromatic N) is 1. The first-order valence-corrected chi connectivity index (χ1v) is 8.05. The Bertz CT molecular complexity index is 483. The molecule has 1 N–H and O–H groups in total. The molecular formula is C17H24N2O2. The molecule has 1 unspecified atom stereocenters. The maximum Gasteiger partial charge on any atom is 0.223 e. The molecule has 21 heavy (non-hydrogen) atoms. The largest absolute Gasteiger partial charge is 0.493 e. The van der Waals surface area contributed by atoms with Crippen molar-refractivity contribution in [3.63, 3.8) is 0 Å². The number of benzene rings is 1. The number of ether oxygens (including phenoxy) is 1. The lowest BCUT2D eigenvalue weighted by molar-refractivity contribution is -0.131. The number of hydrogen-bond acceptors (Lipinski definition) is 3. The number of amides is 1. The van der Waals surface area contributed by atoms with Crippen LogP contribution >= 0.6 is 0 Å². The van der Waals surface area contributed by atoms with Crippen molar-refractivity contribution in [3.05, 3.63) is 29.8 Å². The number of fused-ring (bicyclic) bond motifs is 1. The summed E-state index contributed by atoms with van der Waals surface area (Å²) in [6.45, 7) is 4.27. The molecular weight excluding hydrogens is 264 g/mol. The van der Waals surface area contributed by atoms with E-state index in [0.29, 0.717) is 18.2 Å². The van der Waals surface area contributed by atoms with E-state index < -0.39 is 0 Å². The molecule has 0 aliphatic carbocycles. The van der Waals surface area contributed by atoms with Gasteiger partial charge in [0.25, 0.3) is 0 Å². The zero-order chi connectivity index (χ0) is 14.5. The number of carbonyl (C=O) groups excluding carboxylic acids is 1. The van der Waals surface area contributed by atoms with Crippen LogP contribution in [0.3, 0.4) is 0 Å². The molecule has 0 aromatic heterocycles. The third kappa shape index (κ3) is 3.56. The third-order valence-electron chi connectivity index (χ3n) is 4.41. The average Bonchev–Trinajstić information content (AvgIpc) is 2.95. The smallest absolute Gasteiger partial charge is 0.223 e. The van der Waals surface area contributed by atoms with E-state index in [2.05, 4.69) is 17.4 Å². The van der Waals surface area contributed by atoms with Crippen molar-refractivity contribution >= 4 is 5.91 Å². The monoisotopic (exact) mass is 288 g/mol. The number of hydrogen-bond donors (Lipinski definition) is 1. The first kappa shape index (κ1) is 14.4. The highest BCUT2D eigenvalue weighted by Gasteiger charge is 2.23. The van der Waals surface area contributed by atoms with Gasteiger partial charge in [0.15, 0.2) is 0 Å². The normalized spacial score (nSPS) is 21.0. The van der Waals surface area contributed by atoms with Crippen LogP contribution in [-0.4, -0.2) is 43.6 Å². The van der Waals surface area contributed by atoms with Gasteiger partial charge in [-0.15, -0.1) is 0 Å². The summed E-state index contributed by atoms with van der Waals surface area (Å²) in [6.07, 6.45) is 4.20. The van der Waals surface area contributed by atoms with Crippen LogP contribution in [0.25, 0.3) is 0 Å². The summed E-state index contributed by atoms with van der Waals surface area (Å²) < 4.78 is 5.67. The maximum atomic E-state index is 12.1. The number of rotatable bonds is 5. The van der Waals surface area contributed by atoms with Crippen molar-refractivity contribution in [2.24, 2.45) is 0 Å². The number of nitrogens with one attached hydrogen (secondary N) is 1. The summed E-state index contributed by atoms with van der Waals surface area (Å²) in [5.41, 5.74) is 1.28. The van der Waals surface area contributed by atoms with Gasteiger partial charge in [0, 0.05) is 44.1 Å². The first-order valence-electron chi connectivity index (χ1n) is 8.05. The van der Waals surface area contributed by atoms with Crippen LogP contribution in [0.15, 0.2) is 24.3 Å². The standard InChI is InChI=1S/C17H24N2O2/c20-17(19-10-4-1-5-11-19)8-9-18-12-14-13-21-16-7-3-2-6-15(14)16/h2-3,6-7,14,18H,1,4-5,8-13H2. The molecule has 1 aromatic rings. The van der Waals surface area contributed by atoms with Gasteiger partial charge in [-0.2, -0.15) is 0 Å². The summed E-state index contributed by atoms with van der Waals surface area (Å²) in [7, 11) is 0. The second-order valence-electron chi connectivity index (χ2n) is 5.94. The molecule has 4 heteroatoms. The van der Waals surface area contributed by atoms with E-state index in [1.165, 1.54) is 12.0 Å². The molecule has 114 valence electrons. The van der Waals surface area contributed by atoms with Gasteiger partial charge in [-0.25, -0.2) is 0 Å². The lowest BCUT2D eigenvalue weighted by Gasteiger charge is -2.26. The quantitative estimate of drug-likeness (QED) is 0.844. The van der Waals surface area contributed by atoms with Crippen LogP contribution in [0.1, 0.15) is 37.2 Å². The molecule has 0 radical (unpaired) electrons. The van der Waals surface area contributed by atoms with E-state index in [4.69, 9.17) is 4.74 Å². The van der Waals surface area contributed by atoms with Gasteiger partial charge >= 0.3 is 0 Å². The summed E-state index contributed by atoms with van der Waals surface area (Å²) in [6, 6.07) is 8.22. The van der Waals surface area contributed by atoms with Gasteiger partial charge in [0.05, 0.1) is 6.61 Å². The van der Waals surface area contributed by atoms with Crippen molar-refractivity contribution in [2.75, 3.05) is 32.8 Å². The molecule has 2 aliphatic rings. The van der Waals surface area contributed by atoms with Crippen molar-refractivity contribution in [3.8, 4) is 5.75 Å². The molecule has 1 fully saturated rings. The molecule has 0 spiro atoms. The molecule has 2 aliphatic heterocycles. The highest BCUT2D eigenvalue weighted by molar-refractivity contribution is 5.76. The number of likely N-dealkylation sites (tertiary alicyclic amines) is 1. The Morgan fingerprint density at radius 3 is 2.90 bits per heavy atom. The lowest BCUT2D eigenvalue weighted by atomic mass is 10.0. The summed E-state index contributed by atoms with van der Waals surface area (Å²) in [4.78, 5) is 14.1. The van der Waals surface area contributed by atoms with E-state index in [1.54, 1.807) is 0 Å². The highest BCUT2D eigenvalue weighted by atomic mass is 16.5. The molecule has 1 atom stereocenters. The van der Waals surface area contributed by atoms with Gasteiger partial charge in [0.2, 0.25) is 5.91 Å². The van der Waals surface area contributed by atoms with E-state index >= 15 is 0 Å². The van der Waals surface area contributed by atoms with E-state index in [0.717, 1.165) is 51.4 Å².